The van der Waals surface area contributed by atoms with E-state index in [2.05, 4.69) is 25.6 Å². The molecule has 0 aliphatic carbocycles. The topological polar surface area (TPSA) is 81.2 Å². The minimum atomic E-state index is 0.612. The first kappa shape index (κ1) is 16.3. The van der Waals surface area contributed by atoms with Gasteiger partial charge in [-0.2, -0.15) is 0 Å². The molecular formula is C21H17N5O2. The molecule has 1 aliphatic heterocycles. The summed E-state index contributed by atoms with van der Waals surface area (Å²) in [5, 5.41) is 7.57. The predicted molar refractivity (Wildman–Crippen MR) is 108 cm³/mol. The molecule has 0 radical (unpaired) electrons. The molecule has 0 atom stereocenters. The quantitative estimate of drug-likeness (QED) is 0.551. The average Bonchev–Trinajstić information content (AvgIpc) is 2.76. The van der Waals surface area contributed by atoms with Gasteiger partial charge in [-0.3, -0.25) is 4.98 Å². The van der Waals surface area contributed by atoms with Crippen molar-refractivity contribution in [3.05, 3.63) is 67.3 Å². The Morgan fingerprint density at radius 1 is 1.00 bits per heavy atom. The van der Waals surface area contributed by atoms with Gasteiger partial charge in [0.1, 0.15) is 30.3 Å². The Balaban J connectivity index is 1.44. The Morgan fingerprint density at radius 2 is 1.93 bits per heavy atom. The minimum Gasteiger partial charge on any atom is -0.489 e. The Hall–Kier alpha value is -3.87. The molecule has 1 aliphatic rings. The number of nitrogens with zero attached hydrogens (tertiary/aromatic N) is 3. The third-order valence-electron chi connectivity index (χ3n) is 4.41. The van der Waals surface area contributed by atoms with E-state index < -0.39 is 0 Å². The summed E-state index contributed by atoms with van der Waals surface area (Å²) in [4.78, 5) is 12.8. The lowest BCUT2D eigenvalue weighted by Gasteiger charge is -2.21. The first-order chi connectivity index (χ1) is 13.9. The summed E-state index contributed by atoms with van der Waals surface area (Å²) in [7, 11) is 0. The number of hydrogen-bond acceptors (Lipinski definition) is 7. The third kappa shape index (κ3) is 3.14. The molecule has 0 fully saturated rings. The number of rotatable bonds is 4. The molecule has 0 bridgehead atoms. The summed E-state index contributed by atoms with van der Waals surface area (Å²) in [6.45, 7) is 1.40. The molecule has 0 spiro atoms. The van der Waals surface area contributed by atoms with Crippen LogP contribution in [0.2, 0.25) is 0 Å². The Kier molecular flexibility index (Phi) is 4.10. The zero-order valence-electron chi connectivity index (χ0n) is 14.9. The molecule has 2 N–H and O–H groups in total. The van der Waals surface area contributed by atoms with Crippen LogP contribution < -0.4 is 20.1 Å². The Bertz CT molecular complexity index is 1120. The number of fused-ring (bicyclic) bond motifs is 3. The molecule has 3 heterocycles. The number of anilines is 3. The average molecular weight is 371 g/mol. The van der Waals surface area contributed by atoms with Crippen LogP contribution in [0, 0.1) is 0 Å². The van der Waals surface area contributed by atoms with E-state index in [9.17, 15) is 0 Å². The van der Waals surface area contributed by atoms with Gasteiger partial charge in [-0.05, 0) is 48.5 Å². The number of pyridine rings is 1. The number of aromatic nitrogens is 3. The molecule has 0 unspecified atom stereocenters. The highest BCUT2D eigenvalue weighted by Crippen LogP contribution is 2.39. The van der Waals surface area contributed by atoms with Crippen molar-refractivity contribution in [1.29, 1.82) is 0 Å². The van der Waals surface area contributed by atoms with Crippen molar-refractivity contribution in [2.24, 2.45) is 0 Å². The van der Waals surface area contributed by atoms with E-state index in [1.807, 2.05) is 48.5 Å². The fraction of sp³-hybridized carbons (Fsp3) is 0.0952. The summed E-state index contributed by atoms with van der Waals surface area (Å²) in [6, 6.07) is 15.3. The highest BCUT2D eigenvalue weighted by Gasteiger charge is 2.17. The van der Waals surface area contributed by atoms with Crippen molar-refractivity contribution in [3.8, 4) is 17.2 Å². The summed E-state index contributed by atoms with van der Waals surface area (Å²) in [6.07, 6.45) is 4.94. The van der Waals surface area contributed by atoms with E-state index in [4.69, 9.17) is 9.47 Å². The third-order valence-corrected chi connectivity index (χ3v) is 4.41. The van der Waals surface area contributed by atoms with Crippen molar-refractivity contribution in [2.75, 3.05) is 23.8 Å². The van der Waals surface area contributed by atoms with Gasteiger partial charge in [0.05, 0.1) is 22.8 Å². The van der Waals surface area contributed by atoms with Crippen LogP contribution in [0.5, 0.6) is 17.2 Å². The smallest absolute Gasteiger partial charge is 0.155 e. The summed E-state index contributed by atoms with van der Waals surface area (Å²) in [5.74, 6) is 2.91. The molecule has 28 heavy (non-hydrogen) atoms. The molecule has 7 nitrogen and oxygen atoms in total. The predicted octanol–water partition coefficient (Wildman–Crippen LogP) is 4.37. The van der Waals surface area contributed by atoms with Crippen LogP contribution in [0.25, 0.3) is 10.9 Å². The van der Waals surface area contributed by atoms with Gasteiger partial charge in [0.25, 0.3) is 0 Å². The molecule has 4 aromatic rings. The fourth-order valence-electron chi connectivity index (χ4n) is 3.13. The van der Waals surface area contributed by atoms with E-state index in [1.54, 1.807) is 18.7 Å². The van der Waals surface area contributed by atoms with Gasteiger partial charge in [0, 0.05) is 18.4 Å². The lowest BCUT2D eigenvalue weighted by Crippen LogP contribution is -2.18. The number of hydrogen-bond donors (Lipinski definition) is 2. The van der Waals surface area contributed by atoms with Gasteiger partial charge in [-0.25, -0.2) is 9.97 Å². The first-order valence-electron chi connectivity index (χ1n) is 8.96. The maximum absolute atomic E-state index is 5.89. The second-order valence-electron chi connectivity index (χ2n) is 6.27. The van der Waals surface area contributed by atoms with E-state index in [0.717, 1.165) is 40.3 Å². The van der Waals surface area contributed by atoms with Crippen molar-refractivity contribution in [1.82, 2.24) is 15.0 Å². The lowest BCUT2D eigenvalue weighted by atomic mass is 10.1. The van der Waals surface area contributed by atoms with Gasteiger partial charge < -0.3 is 20.1 Å². The first-order valence-corrected chi connectivity index (χ1v) is 8.96. The SMILES string of the molecule is c1cncc(Oc2ccc(Nc3ncnc4ccc5c(c34)OCCN5)cc2)c1. The van der Waals surface area contributed by atoms with Crippen molar-refractivity contribution in [2.45, 2.75) is 0 Å². The molecule has 2 aromatic carbocycles. The molecule has 0 amide bonds. The number of ether oxygens (including phenoxy) is 2. The van der Waals surface area contributed by atoms with Gasteiger partial charge in [-0.1, -0.05) is 0 Å². The van der Waals surface area contributed by atoms with Crippen LogP contribution in [0.1, 0.15) is 0 Å². The highest BCUT2D eigenvalue weighted by molar-refractivity contribution is 5.99. The largest absolute Gasteiger partial charge is 0.489 e. The maximum atomic E-state index is 5.89. The zero-order chi connectivity index (χ0) is 18.8. The normalized spacial score (nSPS) is 12.6. The lowest BCUT2D eigenvalue weighted by molar-refractivity contribution is 0.327. The van der Waals surface area contributed by atoms with Crippen molar-refractivity contribution in [3.63, 3.8) is 0 Å². The number of benzene rings is 2. The summed E-state index contributed by atoms with van der Waals surface area (Å²) < 4.78 is 11.7. The van der Waals surface area contributed by atoms with Crippen LogP contribution >= 0.6 is 0 Å². The Labute approximate surface area is 161 Å². The van der Waals surface area contributed by atoms with Gasteiger partial charge in [0.2, 0.25) is 0 Å². The zero-order valence-corrected chi connectivity index (χ0v) is 14.9. The molecule has 0 saturated carbocycles. The molecule has 138 valence electrons. The summed E-state index contributed by atoms with van der Waals surface area (Å²) >= 11 is 0. The standard InChI is InChI=1S/C21H17N5O2/c1-2-16(12-22-9-1)28-15-5-3-14(4-6-15)26-21-19-17(24-13-25-21)7-8-18-20(19)27-11-10-23-18/h1-9,12-13,23H,10-11H2,(H,24,25,26). The molecule has 2 aromatic heterocycles. The van der Waals surface area contributed by atoms with E-state index >= 15 is 0 Å². The second-order valence-corrected chi connectivity index (χ2v) is 6.27. The molecule has 7 heteroatoms. The van der Waals surface area contributed by atoms with Crippen LogP contribution in [0.15, 0.2) is 67.3 Å². The molecule has 5 rings (SSSR count). The minimum absolute atomic E-state index is 0.612. The van der Waals surface area contributed by atoms with Crippen LogP contribution in [0.4, 0.5) is 17.2 Å². The van der Waals surface area contributed by atoms with Crippen molar-refractivity contribution < 1.29 is 9.47 Å². The monoisotopic (exact) mass is 371 g/mol. The van der Waals surface area contributed by atoms with Gasteiger partial charge >= 0.3 is 0 Å². The maximum Gasteiger partial charge on any atom is 0.155 e. The van der Waals surface area contributed by atoms with Gasteiger partial charge in [-0.15, -0.1) is 0 Å². The summed E-state index contributed by atoms with van der Waals surface area (Å²) in [5.41, 5.74) is 2.67. The van der Waals surface area contributed by atoms with Crippen molar-refractivity contribution >= 4 is 28.1 Å². The molecule has 0 saturated heterocycles. The fourth-order valence-corrected chi connectivity index (χ4v) is 3.13. The van der Waals surface area contributed by atoms with Crippen LogP contribution in [-0.2, 0) is 0 Å². The highest BCUT2D eigenvalue weighted by atomic mass is 16.5. The van der Waals surface area contributed by atoms with Crippen LogP contribution in [0.3, 0.4) is 0 Å². The van der Waals surface area contributed by atoms with E-state index in [1.165, 1.54) is 0 Å². The second kappa shape index (κ2) is 7.03. The number of nitrogens with one attached hydrogen (secondary N) is 2. The Morgan fingerprint density at radius 3 is 2.79 bits per heavy atom. The van der Waals surface area contributed by atoms with Crippen LogP contribution in [-0.4, -0.2) is 28.1 Å². The molecular weight excluding hydrogens is 354 g/mol. The van der Waals surface area contributed by atoms with E-state index in [-0.39, 0.29) is 0 Å². The van der Waals surface area contributed by atoms with Gasteiger partial charge in [0.15, 0.2) is 5.75 Å². The van der Waals surface area contributed by atoms with E-state index in [0.29, 0.717) is 18.2 Å².